The highest BCUT2D eigenvalue weighted by molar-refractivity contribution is 9.10. The first-order valence-corrected chi connectivity index (χ1v) is 8.83. The molecule has 0 N–H and O–H groups in total. The summed E-state index contributed by atoms with van der Waals surface area (Å²) in [5, 5.41) is 8.96. The van der Waals surface area contributed by atoms with Gasteiger partial charge in [-0.05, 0) is 53.2 Å². The molecule has 0 saturated carbocycles. The van der Waals surface area contributed by atoms with Crippen molar-refractivity contribution in [3.63, 3.8) is 0 Å². The van der Waals surface area contributed by atoms with Gasteiger partial charge in [-0.1, -0.05) is 12.1 Å². The van der Waals surface area contributed by atoms with Crippen LogP contribution in [0, 0.1) is 5.82 Å². The van der Waals surface area contributed by atoms with Gasteiger partial charge >= 0.3 is 0 Å². The molecule has 0 unspecified atom stereocenters. The van der Waals surface area contributed by atoms with Crippen molar-refractivity contribution in [2.45, 2.75) is 20.1 Å². The average molecular weight is 417 g/mol. The van der Waals surface area contributed by atoms with E-state index in [9.17, 15) is 9.18 Å². The van der Waals surface area contributed by atoms with Crippen LogP contribution in [0.1, 0.15) is 12.7 Å². The van der Waals surface area contributed by atoms with Crippen LogP contribution >= 0.6 is 15.9 Å². The monoisotopic (exact) mass is 416 g/mol. The summed E-state index contributed by atoms with van der Waals surface area (Å²) in [7, 11) is 0. The fourth-order valence-corrected chi connectivity index (χ4v) is 3.39. The van der Waals surface area contributed by atoms with Crippen LogP contribution < -0.4 is 10.3 Å². The lowest BCUT2D eigenvalue weighted by Crippen LogP contribution is -2.22. The zero-order chi connectivity index (χ0) is 18.3. The minimum Gasteiger partial charge on any atom is -0.484 e. The normalized spacial score (nSPS) is 11.3. The molecule has 4 rings (SSSR count). The highest BCUT2D eigenvalue weighted by atomic mass is 79.9. The van der Waals surface area contributed by atoms with E-state index in [4.69, 9.17) is 4.74 Å². The summed E-state index contributed by atoms with van der Waals surface area (Å²) < 4.78 is 22.9. The quantitative estimate of drug-likeness (QED) is 0.510. The summed E-state index contributed by atoms with van der Waals surface area (Å²) in [6, 6.07) is 11.5. The molecule has 0 aliphatic carbocycles. The van der Waals surface area contributed by atoms with E-state index < -0.39 is 0 Å². The van der Waals surface area contributed by atoms with Gasteiger partial charge in [-0.2, -0.15) is 0 Å². The molecule has 6 nitrogen and oxygen atoms in total. The predicted octanol–water partition coefficient (Wildman–Crippen LogP) is 3.54. The van der Waals surface area contributed by atoms with Crippen molar-refractivity contribution in [3.8, 4) is 5.75 Å². The minimum absolute atomic E-state index is 0.100. The van der Waals surface area contributed by atoms with Crippen LogP contribution in [0.25, 0.3) is 16.7 Å². The van der Waals surface area contributed by atoms with E-state index >= 15 is 0 Å². The average Bonchev–Trinajstić information content (AvgIpc) is 3.05. The van der Waals surface area contributed by atoms with E-state index in [-0.39, 0.29) is 18.0 Å². The van der Waals surface area contributed by atoms with Crippen molar-refractivity contribution in [1.82, 2.24) is 19.2 Å². The number of nitrogens with zero attached hydrogens (tertiary/aromatic N) is 4. The first-order valence-electron chi connectivity index (χ1n) is 8.03. The van der Waals surface area contributed by atoms with Crippen LogP contribution in [-0.2, 0) is 13.2 Å². The van der Waals surface area contributed by atoms with Crippen molar-refractivity contribution in [2.24, 2.45) is 0 Å². The first-order chi connectivity index (χ1) is 12.6. The van der Waals surface area contributed by atoms with Gasteiger partial charge in [0.15, 0.2) is 5.82 Å². The Hall–Kier alpha value is -2.74. The molecule has 0 saturated heterocycles. The summed E-state index contributed by atoms with van der Waals surface area (Å²) >= 11 is 3.28. The van der Waals surface area contributed by atoms with Crippen LogP contribution in [-0.4, -0.2) is 19.2 Å². The molecule has 132 valence electrons. The Bertz CT molecular complexity index is 1190. The Morgan fingerprint density at radius 3 is 2.77 bits per heavy atom. The van der Waals surface area contributed by atoms with Gasteiger partial charge in [0.05, 0.1) is 15.4 Å². The highest BCUT2D eigenvalue weighted by Crippen LogP contribution is 2.26. The molecule has 0 aliphatic rings. The second-order valence-electron chi connectivity index (χ2n) is 5.68. The summed E-state index contributed by atoms with van der Waals surface area (Å²) in [5.41, 5.74) is 0.621. The number of rotatable bonds is 4. The second kappa shape index (κ2) is 6.53. The highest BCUT2D eigenvalue weighted by Gasteiger charge is 2.16. The first kappa shape index (κ1) is 16.7. The third-order valence-corrected chi connectivity index (χ3v) is 4.76. The smallest absolute Gasteiger partial charge is 0.262 e. The van der Waals surface area contributed by atoms with Crippen molar-refractivity contribution in [1.29, 1.82) is 0 Å². The predicted molar refractivity (Wildman–Crippen MR) is 98.9 cm³/mol. The number of ether oxygens (including phenoxy) is 1. The third-order valence-electron chi connectivity index (χ3n) is 4.14. The Balaban J connectivity index is 1.84. The SMILES string of the molecule is CCn1c(=O)c2ccccc2n2c(COc3ccc(F)cc3Br)nnc12. The third kappa shape index (κ3) is 2.66. The summed E-state index contributed by atoms with van der Waals surface area (Å²) in [5.74, 6) is 1.16. The van der Waals surface area contributed by atoms with Crippen molar-refractivity contribution in [2.75, 3.05) is 0 Å². The van der Waals surface area contributed by atoms with Crippen LogP contribution in [0.4, 0.5) is 4.39 Å². The molecule has 0 atom stereocenters. The molecule has 2 heterocycles. The largest absolute Gasteiger partial charge is 0.484 e. The standard InChI is InChI=1S/C18H14BrFN4O2/c1-2-23-17(25)12-5-3-4-6-14(12)24-16(21-22-18(23)24)10-26-15-8-7-11(20)9-13(15)19/h3-9H,2,10H2,1H3. The number of aryl methyl sites for hydroxylation is 1. The molecule has 0 bridgehead atoms. The molecule has 0 radical (unpaired) electrons. The number of hydrogen-bond acceptors (Lipinski definition) is 4. The number of hydrogen-bond donors (Lipinski definition) is 0. The topological polar surface area (TPSA) is 61.4 Å². The van der Waals surface area contributed by atoms with E-state index in [2.05, 4.69) is 26.1 Å². The molecule has 0 fully saturated rings. The Morgan fingerprint density at radius 2 is 2.00 bits per heavy atom. The van der Waals surface area contributed by atoms with Gasteiger partial charge in [0.2, 0.25) is 5.78 Å². The number of benzene rings is 2. The molecule has 26 heavy (non-hydrogen) atoms. The fourth-order valence-electron chi connectivity index (χ4n) is 2.93. The van der Waals surface area contributed by atoms with E-state index in [1.807, 2.05) is 29.5 Å². The van der Waals surface area contributed by atoms with Crippen molar-refractivity contribution >= 4 is 32.6 Å². The zero-order valence-electron chi connectivity index (χ0n) is 13.8. The number of fused-ring (bicyclic) bond motifs is 3. The Labute approximate surface area is 156 Å². The molecule has 2 aromatic heterocycles. The molecule has 2 aromatic carbocycles. The molecule has 0 amide bonds. The lowest BCUT2D eigenvalue weighted by atomic mass is 10.2. The van der Waals surface area contributed by atoms with Crippen molar-refractivity contribution < 1.29 is 9.13 Å². The van der Waals surface area contributed by atoms with E-state index in [0.29, 0.717) is 33.8 Å². The molecule has 8 heteroatoms. The van der Waals surface area contributed by atoms with Crippen molar-refractivity contribution in [3.05, 3.63) is 68.9 Å². The fraction of sp³-hybridized carbons (Fsp3) is 0.167. The van der Waals surface area contributed by atoms with Gasteiger partial charge in [-0.3, -0.25) is 13.8 Å². The molecule has 0 spiro atoms. The Kier molecular flexibility index (Phi) is 4.20. The van der Waals surface area contributed by atoms with E-state index in [1.54, 1.807) is 16.7 Å². The lowest BCUT2D eigenvalue weighted by molar-refractivity contribution is 0.292. The van der Waals surface area contributed by atoms with Gasteiger partial charge < -0.3 is 4.74 Å². The molecular weight excluding hydrogens is 403 g/mol. The molecule has 0 aliphatic heterocycles. The summed E-state index contributed by atoms with van der Waals surface area (Å²) in [6.07, 6.45) is 0. The maximum absolute atomic E-state index is 13.2. The van der Waals surface area contributed by atoms with Crippen LogP contribution in [0.15, 0.2) is 51.7 Å². The summed E-state index contributed by atoms with van der Waals surface area (Å²) in [4.78, 5) is 12.6. The minimum atomic E-state index is -0.352. The lowest BCUT2D eigenvalue weighted by Gasteiger charge is -2.11. The van der Waals surface area contributed by atoms with Crippen LogP contribution in [0.3, 0.4) is 0 Å². The summed E-state index contributed by atoms with van der Waals surface area (Å²) in [6.45, 7) is 2.49. The van der Waals surface area contributed by atoms with Gasteiger partial charge in [0.25, 0.3) is 5.56 Å². The molecule has 4 aromatic rings. The van der Waals surface area contributed by atoms with Crippen LogP contribution in [0.2, 0.25) is 0 Å². The maximum Gasteiger partial charge on any atom is 0.262 e. The zero-order valence-corrected chi connectivity index (χ0v) is 15.4. The molecular formula is C18H14BrFN4O2. The number of halogens is 2. The maximum atomic E-state index is 13.2. The van der Waals surface area contributed by atoms with E-state index in [1.165, 1.54) is 12.1 Å². The van der Waals surface area contributed by atoms with Gasteiger partial charge in [-0.15, -0.1) is 10.2 Å². The van der Waals surface area contributed by atoms with Crippen LogP contribution in [0.5, 0.6) is 5.75 Å². The Morgan fingerprint density at radius 1 is 1.19 bits per heavy atom. The number of aromatic nitrogens is 4. The van der Waals surface area contributed by atoms with E-state index in [0.717, 1.165) is 5.52 Å². The van der Waals surface area contributed by atoms with Gasteiger partial charge in [0, 0.05) is 6.54 Å². The van der Waals surface area contributed by atoms with Gasteiger partial charge in [-0.25, -0.2) is 4.39 Å². The number of para-hydroxylation sites is 1. The second-order valence-corrected chi connectivity index (χ2v) is 6.54. The van der Waals surface area contributed by atoms with Gasteiger partial charge in [0.1, 0.15) is 18.2 Å².